The molecule has 1 aliphatic rings. The molecule has 0 amide bonds. The summed E-state index contributed by atoms with van der Waals surface area (Å²) in [5, 5.41) is 41.1. The van der Waals surface area contributed by atoms with Gasteiger partial charge in [0.05, 0.1) is 0 Å². The summed E-state index contributed by atoms with van der Waals surface area (Å²) >= 11 is 0. The molecule has 4 aromatic carbocycles. The van der Waals surface area contributed by atoms with Crippen molar-refractivity contribution in [1.29, 1.82) is 0 Å². The smallest absolute Gasteiger partial charge is 0.169 e. The van der Waals surface area contributed by atoms with E-state index < -0.39 is 0 Å². The Labute approximate surface area is 196 Å². The molecule has 34 heavy (non-hydrogen) atoms. The summed E-state index contributed by atoms with van der Waals surface area (Å²) in [6.45, 7) is 0. The second-order valence-electron chi connectivity index (χ2n) is 8.48. The molecule has 0 aliphatic carbocycles. The van der Waals surface area contributed by atoms with Gasteiger partial charge in [-0.2, -0.15) is 0 Å². The van der Waals surface area contributed by atoms with Crippen molar-refractivity contribution < 1.29 is 29.9 Å². The van der Waals surface area contributed by atoms with Crippen molar-refractivity contribution in [2.75, 3.05) is 0 Å². The molecule has 6 nitrogen and oxygen atoms in total. The SMILES string of the molecule is Oc1cc2cc(c1)Oc1cc(ccc1O)CCc1ccc(O)c(c1)Oc1cc(O)cc(c1)CC2. The van der Waals surface area contributed by atoms with Gasteiger partial charge in [0.15, 0.2) is 23.0 Å². The largest absolute Gasteiger partial charge is 0.508 e. The van der Waals surface area contributed by atoms with Crippen molar-refractivity contribution in [2.24, 2.45) is 0 Å². The summed E-state index contributed by atoms with van der Waals surface area (Å²) in [6.07, 6.45) is 2.48. The normalized spacial score (nSPS) is 13.2. The van der Waals surface area contributed by atoms with E-state index in [1.165, 1.54) is 12.1 Å². The molecule has 0 atom stereocenters. The lowest BCUT2D eigenvalue weighted by molar-refractivity contribution is 0.406. The zero-order valence-corrected chi connectivity index (χ0v) is 18.4. The average molecular weight is 456 g/mol. The van der Waals surface area contributed by atoms with Crippen LogP contribution in [0.5, 0.6) is 46.0 Å². The molecule has 0 radical (unpaired) electrons. The predicted octanol–water partition coefficient (Wildman–Crippen LogP) is 5.98. The van der Waals surface area contributed by atoms with Crippen LogP contribution in [0.2, 0.25) is 0 Å². The zero-order valence-electron chi connectivity index (χ0n) is 18.4. The number of benzene rings is 4. The van der Waals surface area contributed by atoms with Crippen LogP contribution in [-0.4, -0.2) is 20.4 Å². The van der Waals surface area contributed by atoms with E-state index in [2.05, 4.69) is 0 Å². The van der Waals surface area contributed by atoms with Crippen LogP contribution >= 0.6 is 0 Å². The molecule has 0 saturated heterocycles. The number of hydrogen-bond acceptors (Lipinski definition) is 6. The number of fused-ring (bicyclic) bond motifs is 8. The molecule has 0 fully saturated rings. The van der Waals surface area contributed by atoms with Gasteiger partial charge in [0.2, 0.25) is 0 Å². The third-order valence-electron chi connectivity index (χ3n) is 5.81. The molecule has 0 spiro atoms. The Hall–Kier alpha value is -4.32. The third kappa shape index (κ3) is 4.86. The predicted molar refractivity (Wildman–Crippen MR) is 127 cm³/mol. The van der Waals surface area contributed by atoms with Crippen LogP contribution in [0.3, 0.4) is 0 Å². The van der Waals surface area contributed by atoms with Crippen molar-refractivity contribution >= 4 is 0 Å². The molecular weight excluding hydrogens is 432 g/mol. The molecular formula is C28H24O6. The third-order valence-corrected chi connectivity index (χ3v) is 5.81. The van der Waals surface area contributed by atoms with Gasteiger partial charge in [-0.05, 0) is 96.5 Å². The first-order valence-electron chi connectivity index (χ1n) is 11.1. The van der Waals surface area contributed by atoms with Crippen molar-refractivity contribution in [3.63, 3.8) is 0 Å². The standard InChI is InChI=1S/C28H24O6/c29-21-9-19-3-4-20-10-22(30)16-24(12-20)34-28-14-18(6-8-26(28)32)2-1-17-5-7-25(31)27(13-17)33-23(11-19)15-21/h5-16,29-32H,1-4H2. The maximum absolute atomic E-state index is 10.3. The Morgan fingerprint density at radius 2 is 0.853 bits per heavy atom. The fourth-order valence-electron chi connectivity index (χ4n) is 4.12. The van der Waals surface area contributed by atoms with Crippen LogP contribution < -0.4 is 9.47 Å². The monoisotopic (exact) mass is 456 g/mol. The molecule has 8 bridgehead atoms. The van der Waals surface area contributed by atoms with E-state index in [-0.39, 0.29) is 23.0 Å². The van der Waals surface area contributed by atoms with E-state index in [4.69, 9.17) is 9.47 Å². The lowest BCUT2D eigenvalue weighted by Gasteiger charge is -2.14. The van der Waals surface area contributed by atoms with Crippen LogP contribution in [0.15, 0.2) is 72.8 Å². The summed E-state index contributed by atoms with van der Waals surface area (Å²) in [5.41, 5.74) is 3.59. The maximum atomic E-state index is 10.3. The van der Waals surface area contributed by atoms with Gasteiger partial charge in [-0.1, -0.05) is 12.1 Å². The maximum Gasteiger partial charge on any atom is 0.169 e. The number of phenolic OH excluding ortho intramolecular Hbond substituents is 4. The van der Waals surface area contributed by atoms with E-state index in [1.807, 2.05) is 24.3 Å². The number of aryl methyl sites for hydroxylation is 4. The lowest BCUT2D eigenvalue weighted by atomic mass is 10.0. The highest BCUT2D eigenvalue weighted by Crippen LogP contribution is 2.36. The van der Waals surface area contributed by atoms with Crippen molar-refractivity contribution in [2.45, 2.75) is 25.7 Å². The van der Waals surface area contributed by atoms with Gasteiger partial charge in [0.25, 0.3) is 0 Å². The van der Waals surface area contributed by atoms with Crippen LogP contribution in [0, 0.1) is 0 Å². The highest BCUT2D eigenvalue weighted by molar-refractivity contribution is 5.49. The van der Waals surface area contributed by atoms with E-state index >= 15 is 0 Å². The molecule has 0 unspecified atom stereocenters. The van der Waals surface area contributed by atoms with Gasteiger partial charge in [-0.15, -0.1) is 0 Å². The molecule has 0 aromatic heterocycles. The van der Waals surface area contributed by atoms with Crippen LogP contribution in [0.25, 0.3) is 0 Å². The van der Waals surface area contributed by atoms with Crippen molar-refractivity contribution in [3.8, 4) is 46.0 Å². The number of rotatable bonds is 0. The second kappa shape index (κ2) is 8.90. The minimum Gasteiger partial charge on any atom is -0.508 e. The molecule has 172 valence electrons. The number of hydrogen-bond donors (Lipinski definition) is 4. The number of ether oxygens (including phenoxy) is 2. The first-order valence-corrected chi connectivity index (χ1v) is 11.1. The van der Waals surface area contributed by atoms with Crippen LogP contribution in [0.4, 0.5) is 0 Å². The Balaban J connectivity index is 1.57. The van der Waals surface area contributed by atoms with Gasteiger partial charge in [0, 0.05) is 12.1 Å². The van der Waals surface area contributed by atoms with Gasteiger partial charge in [-0.25, -0.2) is 0 Å². The summed E-state index contributed by atoms with van der Waals surface area (Å²) in [6, 6.07) is 20.4. The number of phenols is 4. The van der Waals surface area contributed by atoms with E-state index in [9.17, 15) is 20.4 Å². The fraction of sp³-hybridized carbons (Fsp3) is 0.143. The van der Waals surface area contributed by atoms with E-state index in [1.54, 1.807) is 36.4 Å². The Morgan fingerprint density at radius 3 is 1.29 bits per heavy atom. The Morgan fingerprint density at radius 1 is 0.441 bits per heavy atom. The van der Waals surface area contributed by atoms with Gasteiger partial charge < -0.3 is 29.9 Å². The Bertz CT molecular complexity index is 1260. The van der Waals surface area contributed by atoms with Crippen LogP contribution in [-0.2, 0) is 25.7 Å². The molecule has 4 aromatic rings. The molecule has 6 heteroatoms. The first-order chi connectivity index (χ1) is 16.4. The molecule has 0 saturated carbocycles. The minimum atomic E-state index is 0.00987. The molecule has 1 aliphatic heterocycles. The summed E-state index contributed by atoms with van der Waals surface area (Å²) in [4.78, 5) is 0. The van der Waals surface area contributed by atoms with Crippen LogP contribution in [0.1, 0.15) is 22.3 Å². The lowest BCUT2D eigenvalue weighted by Crippen LogP contribution is -1.96. The summed E-state index contributed by atoms with van der Waals surface area (Å²) in [7, 11) is 0. The molecule has 1 heterocycles. The highest BCUT2D eigenvalue weighted by atomic mass is 16.5. The fourth-order valence-corrected chi connectivity index (χ4v) is 4.12. The number of aromatic hydroxyl groups is 4. The van der Waals surface area contributed by atoms with Crippen molar-refractivity contribution in [3.05, 3.63) is 95.1 Å². The first kappa shape index (κ1) is 21.5. The molecule has 4 N–H and O–H groups in total. The van der Waals surface area contributed by atoms with Crippen molar-refractivity contribution in [1.82, 2.24) is 0 Å². The summed E-state index contributed by atoms with van der Waals surface area (Å²) in [5.74, 6) is 1.60. The minimum absolute atomic E-state index is 0.00987. The van der Waals surface area contributed by atoms with Gasteiger partial charge in [-0.3, -0.25) is 0 Å². The zero-order chi connectivity index (χ0) is 23.7. The Kier molecular flexibility index (Phi) is 5.64. The molecule has 5 rings (SSSR count). The topological polar surface area (TPSA) is 99.4 Å². The van der Waals surface area contributed by atoms with E-state index in [0.717, 1.165) is 22.3 Å². The quantitative estimate of drug-likeness (QED) is 0.260. The average Bonchev–Trinajstić information content (AvgIpc) is 2.79. The van der Waals surface area contributed by atoms with E-state index in [0.29, 0.717) is 48.7 Å². The highest BCUT2D eigenvalue weighted by Gasteiger charge is 2.12. The second-order valence-corrected chi connectivity index (χ2v) is 8.48. The van der Waals surface area contributed by atoms with Gasteiger partial charge in [0.1, 0.15) is 23.0 Å². The summed E-state index contributed by atoms with van der Waals surface area (Å²) < 4.78 is 11.9. The van der Waals surface area contributed by atoms with Gasteiger partial charge >= 0.3 is 0 Å².